The summed E-state index contributed by atoms with van der Waals surface area (Å²) in [7, 11) is 1.47. The van der Waals surface area contributed by atoms with Gasteiger partial charge in [0.05, 0.1) is 17.7 Å². The van der Waals surface area contributed by atoms with Gasteiger partial charge in [-0.2, -0.15) is 14.0 Å². The van der Waals surface area contributed by atoms with Crippen molar-refractivity contribution in [1.82, 2.24) is 4.57 Å². The standard InChI is InChI=1S/C21H22F2N2O4S/c1-21(2,3)17(26)14(12-24)19-25(9-10-28-4)18(27)16(30-19)11-13-7-5-6-8-15(13)29-20(22)23/h5-8,11,20H,9-10H2,1-4H3/b16-11+,19-14-. The van der Waals surface area contributed by atoms with E-state index in [1.807, 2.05) is 6.07 Å². The van der Waals surface area contributed by atoms with Gasteiger partial charge in [-0.1, -0.05) is 39.0 Å². The number of halogens is 2. The summed E-state index contributed by atoms with van der Waals surface area (Å²) in [4.78, 5) is 25.8. The number of para-hydroxylation sites is 1. The monoisotopic (exact) mass is 436 g/mol. The van der Waals surface area contributed by atoms with Crippen LogP contribution in [-0.4, -0.2) is 30.7 Å². The largest absolute Gasteiger partial charge is 0.434 e. The van der Waals surface area contributed by atoms with Gasteiger partial charge >= 0.3 is 6.61 Å². The van der Waals surface area contributed by atoms with Crippen molar-refractivity contribution in [2.24, 2.45) is 5.41 Å². The molecular formula is C21H22F2N2O4S. The SMILES string of the molecule is COCCn1c(=O)/c(=C\c2ccccc2OC(F)F)s/c1=C(/C#N)C(=O)C(C)(C)C. The lowest BCUT2D eigenvalue weighted by atomic mass is 9.87. The molecule has 0 aliphatic heterocycles. The molecule has 1 heterocycles. The maximum absolute atomic E-state index is 13.0. The van der Waals surface area contributed by atoms with Crippen LogP contribution in [0.5, 0.6) is 5.75 Å². The fraction of sp³-hybridized carbons (Fsp3) is 0.381. The smallest absolute Gasteiger partial charge is 0.387 e. The zero-order valence-electron chi connectivity index (χ0n) is 17.1. The van der Waals surface area contributed by atoms with Gasteiger partial charge in [-0.3, -0.25) is 14.2 Å². The summed E-state index contributed by atoms with van der Waals surface area (Å²) in [6.45, 7) is 2.36. The highest BCUT2D eigenvalue weighted by Gasteiger charge is 2.27. The van der Waals surface area contributed by atoms with Crippen molar-refractivity contribution in [3.63, 3.8) is 0 Å². The van der Waals surface area contributed by atoms with E-state index < -0.39 is 23.4 Å². The van der Waals surface area contributed by atoms with Crippen LogP contribution in [0.4, 0.5) is 8.78 Å². The quantitative estimate of drug-likeness (QED) is 0.665. The predicted molar refractivity (Wildman–Crippen MR) is 110 cm³/mol. The van der Waals surface area contributed by atoms with E-state index in [2.05, 4.69) is 4.74 Å². The second kappa shape index (κ2) is 9.78. The minimum atomic E-state index is -3.01. The van der Waals surface area contributed by atoms with E-state index in [4.69, 9.17) is 4.74 Å². The Morgan fingerprint density at radius 3 is 2.57 bits per heavy atom. The zero-order chi connectivity index (χ0) is 22.5. The van der Waals surface area contributed by atoms with E-state index in [-0.39, 0.29) is 39.2 Å². The van der Waals surface area contributed by atoms with Gasteiger partial charge in [-0.15, -0.1) is 11.3 Å². The summed E-state index contributed by atoms with van der Waals surface area (Å²) >= 11 is 0.952. The number of hydrogen-bond acceptors (Lipinski definition) is 6. The van der Waals surface area contributed by atoms with Gasteiger partial charge in [-0.05, 0) is 12.1 Å². The molecule has 9 heteroatoms. The fourth-order valence-corrected chi connectivity index (χ4v) is 3.72. The Hall–Kier alpha value is -2.83. The number of rotatable bonds is 7. The van der Waals surface area contributed by atoms with E-state index in [0.717, 1.165) is 11.3 Å². The topological polar surface area (TPSA) is 81.3 Å². The van der Waals surface area contributed by atoms with Crippen LogP contribution in [0, 0.1) is 16.7 Å². The number of methoxy groups -OCH3 is 1. The second-order valence-corrected chi connectivity index (χ2v) is 8.38. The number of nitriles is 1. The van der Waals surface area contributed by atoms with Crippen LogP contribution in [0.1, 0.15) is 26.3 Å². The number of carbonyl (C=O) groups is 1. The Morgan fingerprint density at radius 1 is 1.33 bits per heavy atom. The molecule has 1 aromatic heterocycles. The van der Waals surface area contributed by atoms with E-state index in [1.165, 1.54) is 36.0 Å². The van der Waals surface area contributed by atoms with Crippen molar-refractivity contribution in [3.05, 3.63) is 49.4 Å². The number of benzene rings is 1. The Balaban J connectivity index is 2.82. The minimum absolute atomic E-state index is 0.0828. The molecule has 0 bridgehead atoms. The molecule has 160 valence electrons. The fourth-order valence-electron chi connectivity index (χ4n) is 2.61. The maximum atomic E-state index is 13.0. The summed E-state index contributed by atoms with van der Waals surface area (Å²) < 4.78 is 36.6. The number of ether oxygens (including phenoxy) is 2. The van der Waals surface area contributed by atoms with E-state index in [0.29, 0.717) is 0 Å². The molecule has 1 aromatic carbocycles. The van der Waals surface area contributed by atoms with E-state index >= 15 is 0 Å². The highest BCUT2D eigenvalue weighted by atomic mass is 32.1. The Kier molecular flexibility index (Phi) is 7.65. The summed E-state index contributed by atoms with van der Waals surface area (Å²) in [5.74, 6) is -0.481. The van der Waals surface area contributed by atoms with Gasteiger partial charge < -0.3 is 9.47 Å². The number of alkyl halides is 2. The molecule has 0 fully saturated rings. The molecule has 0 spiro atoms. The van der Waals surface area contributed by atoms with Crippen molar-refractivity contribution in [1.29, 1.82) is 5.26 Å². The number of thiazole rings is 1. The molecule has 2 rings (SSSR count). The molecule has 0 amide bonds. The average molecular weight is 436 g/mol. The van der Waals surface area contributed by atoms with Crippen LogP contribution < -0.4 is 19.5 Å². The molecule has 0 unspecified atom stereocenters. The summed E-state index contributed by atoms with van der Waals surface area (Å²) in [5, 5.41) is 9.63. The third-order valence-electron chi connectivity index (χ3n) is 4.08. The number of hydrogen-bond donors (Lipinski definition) is 0. The highest BCUT2D eigenvalue weighted by Crippen LogP contribution is 2.21. The van der Waals surface area contributed by atoms with Crippen LogP contribution in [0.15, 0.2) is 29.1 Å². The molecule has 0 atom stereocenters. The molecule has 0 saturated carbocycles. The Bertz CT molecular complexity index is 1140. The van der Waals surface area contributed by atoms with Crippen molar-refractivity contribution in [3.8, 4) is 11.8 Å². The van der Waals surface area contributed by atoms with Gasteiger partial charge in [-0.25, -0.2) is 0 Å². The third kappa shape index (κ3) is 5.40. The third-order valence-corrected chi connectivity index (χ3v) is 5.21. The molecule has 2 aromatic rings. The summed E-state index contributed by atoms with van der Waals surface area (Å²) in [6.07, 6.45) is 1.41. The molecule has 6 nitrogen and oxygen atoms in total. The lowest BCUT2D eigenvalue weighted by molar-refractivity contribution is -0.120. The summed E-state index contributed by atoms with van der Waals surface area (Å²) in [6, 6.07) is 7.98. The number of Topliss-reactive ketones (excluding diaryl/α,β-unsaturated/α-hetero) is 1. The second-order valence-electron chi connectivity index (χ2n) is 7.35. The number of aromatic nitrogens is 1. The van der Waals surface area contributed by atoms with Gasteiger partial charge in [0, 0.05) is 18.1 Å². The molecule has 0 saturated heterocycles. The first kappa shape index (κ1) is 23.4. The average Bonchev–Trinajstić information content (AvgIpc) is 2.96. The number of carbonyl (C=O) groups excluding carboxylic acids is 1. The molecule has 0 N–H and O–H groups in total. The van der Waals surface area contributed by atoms with Crippen molar-refractivity contribution < 1.29 is 23.0 Å². The van der Waals surface area contributed by atoms with Crippen molar-refractivity contribution in [2.75, 3.05) is 13.7 Å². The molecular weight excluding hydrogens is 414 g/mol. The van der Waals surface area contributed by atoms with Gasteiger partial charge in [0.25, 0.3) is 5.56 Å². The summed E-state index contributed by atoms with van der Waals surface area (Å²) in [5.41, 5.74) is -1.12. The van der Waals surface area contributed by atoms with Crippen molar-refractivity contribution >= 4 is 28.8 Å². The van der Waals surface area contributed by atoms with Crippen LogP contribution in [0.2, 0.25) is 0 Å². The van der Waals surface area contributed by atoms with Crippen LogP contribution in [0.3, 0.4) is 0 Å². The first-order valence-electron chi connectivity index (χ1n) is 9.03. The lowest BCUT2D eigenvalue weighted by Crippen LogP contribution is -2.35. The first-order chi connectivity index (χ1) is 14.1. The van der Waals surface area contributed by atoms with Crippen LogP contribution in [0.25, 0.3) is 11.6 Å². The van der Waals surface area contributed by atoms with Crippen LogP contribution in [-0.2, 0) is 16.1 Å². The van der Waals surface area contributed by atoms with Crippen molar-refractivity contribution in [2.45, 2.75) is 33.9 Å². The molecule has 0 radical (unpaired) electrons. The van der Waals surface area contributed by atoms with Gasteiger partial charge in [0.1, 0.15) is 22.1 Å². The Labute approximate surface area is 176 Å². The normalized spacial score (nSPS) is 13.3. The number of ketones is 1. The lowest BCUT2D eigenvalue weighted by Gasteiger charge is -2.15. The molecule has 0 aliphatic rings. The zero-order valence-corrected chi connectivity index (χ0v) is 17.9. The van der Waals surface area contributed by atoms with Crippen LogP contribution >= 0.6 is 11.3 Å². The van der Waals surface area contributed by atoms with E-state index in [1.54, 1.807) is 26.8 Å². The highest BCUT2D eigenvalue weighted by molar-refractivity contribution is 7.07. The molecule has 0 aliphatic carbocycles. The number of nitrogens with zero attached hydrogens (tertiary/aromatic N) is 2. The van der Waals surface area contributed by atoms with E-state index in [9.17, 15) is 23.6 Å². The first-order valence-corrected chi connectivity index (χ1v) is 9.85. The minimum Gasteiger partial charge on any atom is -0.434 e. The Morgan fingerprint density at radius 2 is 2.00 bits per heavy atom. The molecule has 30 heavy (non-hydrogen) atoms. The maximum Gasteiger partial charge on any atom is 0.387 e. The van der Waals surface area contributed by atoms with Gasteiger partial charge in [0.2, 0.25) is 0 Å². The predicted octanol–water partition coefficient (Wildman–Crippen LogP) is 2.28. The van der Waals surface area contributed by atoms with Gasteiger partial charge in [0.15, 0.2) is 5.78 Å².